The van der Waals surface area contributed by atoms with Crippen LogP contribution in [0.25, 0.3) is 0 Å². The molecule has 0 aromatic heterocycles. The summed E-state index contributed by atoms with van der Waals surface area (Å²) in [5, 5.41) is 8.30. The topological polar surface area (TPSA) is 23.8 Å². The van der Waals surface area contributed by atoms with Crippen LogP contribution in [0.2, 0.25) is 0 Å². The second-order valence-electron chi connectivity index (χ2n) is 3.86. The summed E-state index contributed by atoms with van der Waals surface area (Å²) in [4.78, 5) is 0. The van der Waals surface area contributed by atoms with Crippen LogP contribution >= 0.6 is 0 Å². The van der Waals surface area contributed by atoms with Crippen LogP contribution in [0.3, 0.4) is 0 Å². The van der Waals surface area contributed by atoms with Gasteiger partial charge in [0.05, 0.1) is 6.07 Å². The minimum Gasteiger partial charge on any atom is -0.198 e. The van der Waals surface area contributed by atoms with Gasteiger partial charge in [-0.15, -0.1) is 0 Å². The van der Waals surface area contributed by atoms with E-state index >= 15 is 0 Å². The molecule has 0 amide bonds. The maximum atomic E-state index is 8.30. The van der Waals surface area contributed by atoms with Gasteiger partial charge in [0.1, 0.15) is 0 Å². The van der Waals surface area contributed by atoms with Gasteiger partial charge in [0.2, 0.25) is 0 Å². The molecule has 0 aromatic carbocycles. The van der Waals surface area contributed by atoms with Crippen LogP contribution in [0.1, 0.15) is 52.4 Å². The van der Waals surface area contributed by atoms with Crippen LogP contribution < -0.4 is 0 Å². The van der Waals surface area contributed by atoms with Crippen molar-refractivity contribution in [1.82, 2.24) is 0 Å². The van der Waals surface area contributed by atoms with Crippen molar-refractivity contribution in [2.75, 3.05) is 0 Å². The number of allylic oxidation sites excluding steroid dienone is 2. The fourth-order valence-corrected chi connectivity index (χ4v) is 1.13. The Labute approximate surface area is 82.5 Å². The highest BCUT2D eigenvalue weighted by Crippen LogP contribution is 2.05. The van der Waals surface area contributed by atoms with E-state index in [1.165, 1.54) is 25.7 Å². The minimum atomic E-state index is 0.718. The Morgan fingerprint density at radius 2 is 1.92 bits per heavy atom. The zero-order valence-corrected chi connectivity index (χ0v) is 8.92. The second kappa shape index (κ2) is 9.32. The quantitative estimate of drug-likeness (QED) is 0.427. The molecule has 0 rings (SSSR count). The Morgan fingerprint density at radius 3 is 2.54 bits per heavy atom. The lowest BCUT2D eigenvalue weighted by molar-refractivity contribution is 0.658. The van der Waals surface area contributed by atoms with Crippen molar-refractivity contribution in [2.45, 2.75) is 52.4 Å². The molecule has 0 fully saturated rings. The van der Waals surface area contributed by atoms with E-state index in [9.17, 15) is 0 Å². The summed E-state index contributed by atoms with van der Waals surface area (Å²) in [6, 6.07) is 2.17. The van der Waals surface area contributed by atoms with E-state index in [1.807, 2.05) is 0 Å². The van der Waals surface area contributed by atoms with E-state index in [0.717, 1.165) is 18.8 Å². The fourth-order valence-electron chi connectivity index (χ4n) is 1.13. The minimum absolute atomic E-state index is 0.718. The van der Waals surface area contributed by atoms with Gasteiger partial charge >= 0.3 is 0 Å². The number of nitrogens with zero attached hydrogens (tertiary/aromatic N) is 1. The maximum absolute atomic E-state index is 8.30. The third-order valence-electron chi connectivity index (χ3n) is 1.93. The number of unbranched alkanes of at least 4 members (excludes halogenated alkanes) is 4. The van der Waals surface area contributed by atoms with Gasteiger partial charge in [-0.1, -0.05) is 32.4 Å². The molecule has 0 atom stereocenters. The first-order valence-electron chi connectivity index (χ1n) is 5.29. The largest absolute Gasteiger partial charge is 0.198 e. The predicted molar refractivity (Wildman–Crippen MR) is 57.3 cm³/mol. The maximum Gasteiger partial charge on any atom is 0.0621 e. The highest BCUT2D eigenvalue weighted by molar-refractivity contribution is 4.82. The molecule has 0 radical (unpaired) electrons. The number of rotatable bonds is 7. The van der Waals surface area contributed by atoms with E-state index in [1.54, 1.807) is 0 Å². The molecule has 0 unspecified atom stereocenters. The van der Waals surface area contributed by atoms with Crippen molar-refractivity contribution in [3.8, 4) is 6.07 Å². The summed E-state index contributed by atoms with van der Waals surface area (Å²) >= 11 is 0. The molecule has 0 aromatic rings. The third-order valence-corrected chi connectivity index (χ3v) is 1.93. The Balaban J connectivity index is 3.07. The molecule has 1 heteroatoms. The Morgan fingerprint density at radius 1 is 1.15 bits per heavy atom. The molecular weight excluding hydrogens is 158 g/mol. The molecule has 0 aliphatic carbocycles. The third kappa shape index (κ3) is 11.2. The lowest BCUT2D eigenvalue weighted by Crippen LogP contribution is -1.81. The zero-order chi connectivity index (χ0) is 9.94. The fraction of sp³-hybridized carbons (Fsp3) is 0.750. The molecule has 0 aliphatic heterocycles. The van der Waals surface area contributed by atoms with Gasteiger partial charge in [0.15, 0.2) is 0 Å². The highest BCUT2D eigenvalue weighted by Gasteiger charge is 1.88. The normalized spacial score (nSPS) is 10.9. The summed E-state index contributed by atoms with van der Waals surface area (Å²) in [6.45, 7) is 4.47. The monoisotopic (exact) mass is 179 g/mol. The van der Waals surface area contributed by atoms with Crippen LogP contribution in [0.15, 0.2) is 12.2 Å². The van der Waals surface area contributed by atoms with Crippen LogP contribution in [-0.2, 0) is 0 Å². The molecule has 0 saturated heterocycles. The molecule has 13 heavy (non-hydrogen) atoms. The molecule has 0 aliphatic rings. The molecular formula is C12H21N. The van der Waals surface area contributed by atoms with Gasteiger partial charge < -0.3 is 0 Å². The number of nitriles is 1. The van der Waals surface area contributed by atoms with E-state index in [-0.39, 0.29) is 0 Å². The molecule has 0 spiro atoms. The van der Waals surface area contributed by atoms with Gasteiger partial charge in [-0.05, 0) is 31.6 Å². The Hall–Kier alpha value is -0.770. The average Bonchev–Trinajstić information content (AvgIpc) is 2.09. The molecule has 74 valence electrons. The molecule has 1 nitrogen and oxygen atoms in total. The van der Waals surface area contributed by atoms with Crippen LogP contribution in [0, 0.1) is 17.2 Å². The van der Waals surface area contributed by atoms with E-state index < -0.39 is 0 Å². The van der Waals surface area contributed by atoms with Crippen molar-refractivity contribution in [3.63, 3.8) is 0 Å². The summed E-state index contributed by atoms with van der Waals surface area (Å²) in [7, 11) is 0. The van der Waals surface area contributed by atoms with Gasteiger partial charge in [0, 0.05) is 6.42 Å². The van der Waals surface area contributed by atoms with E-state index in [2.05, 4.69) is 32.1 Å². The van der Waals surface area contributed by atoms with Crippen LogP contribution in [0.4, 0.5) is 0 Å². The van der Waals surface area contributed by atoms with Crippen LogP contribution in [-0.4, -0.2) is 0 Å². The van der Waals surface area contributed by atoms with Crippen molar-refractivity contribution in [3.05, 3.63) is 12.2 Å². The highest BCUT2D eigenvalue weighted by atomic mass is 14.2. The molecule has 0 N–H and O–H groups in total. The first kappa shape index (κ1) is 12.2. The predicted octanol–water partition coefficient (Wildman–Crippen LogP) is 4.06. The first-order valence-corrected chi connectivity index (χ1v) is 5.29. The summed E-state index contributed by atoms with van der Waals surface area (Å²) in [6.07, 6.45) is 11.1. The zero-order valence-electron chi connectivity index (χ0n) is 8.92. The van der Waals surface area contributed by atoms with Crippen molar-refractivity contribution >= 4 is 0 Å². The summed E-state index contributed by atoms with van der Waals surface area (Å²) in [5.74, 6) is 0.773. The van der Waals surface area contributed by atoms with Gasteiger partial charge in [-0.3, -0.25) is 0 Å². The standard InChI is InChI=1S/C12H21N/c1-12(2)10-8-6-4-3-5-7-9-11-13/h6,8,12H,3-5,7,9-10H2,1-2H3/b8-6+. The molecule has 0 heterocycles. The van der Waals surface area contributed by atoms with Gasteiger partial charge in [-0.25, -0.2) is 0 Å². The van der Waals surface area contributed by atoms with E-state index in [0.29, 0.717) is 0 Å². The summed E-state index contributed by atoms with van der Waals surface area (Å²) in [5.41, 5.74) is 0. The Bertz CT molecular complexity index is 162. The van der Waals surface area contributed by atoms with Crippen LogP contribution in [0.5, 0.6) is 0 Å². The molecule has 0 bridgehead atoms. The van der Waals surface area contributed by atoms with Gasteiger partial charge in [0.25, 0.3) is 0 Å². The first-order chi connectivity index (χ1) is 6.27. The van der Waals surface area contributed by atoms with E-state index in [4.69, 9.17) is 5.26 Å². The summed E-state index contributed by atoms with van der Waals surface area (Å²) < 4.78 is 0. The number of hydrogen-bond acceptors (Lipinski definition) is 1. The second-order valence-corrected chi connectivity index (χ2v) is 3.86. The number of hydrogen-bond donors (Lipinski definition) is 0. The lowest BCUT2D eigenvalue weighted by atomic mass is 10.1. The lowest BCUT2D eigenvalue weighted by Gasteiger charge is -1.97. The van der Waals surface area contributed by atoms with Crippen molar-refractivity contribution in [1.29, 1.82) is 5.26 Å². The Kier molecular flexibility index (Phi) is 8.77. The average molecular weight is 179 g/mol. The van der Waals surface area contributed by atoms with Crippen molar-refractivity contribution in [2.24, 2.45) is 5.92 Å². The SMILES string of the molecule is CC(C)C/C=C/CCCCCC#N. The smallest absolute Gasteiger partial charge is 0.0621 e. The van der Waals surface area contributed by atoms with Gasteiger partial charge in [-0.2, -0.15) is 5.26 Å². The molecule has 0 saturated carbocycles. The van der Waals surface area contributed by atoms with Crippen molar-refractivity contribution < 1.29 is 0 Å².